The number of aliphatic imine (C=N–C) groups is 1. The second kappa shape index (κ2) is 9.50. The highest BCUT2D eigenvalue weighted by Crippen LogP contribution is 2.48. The van der Waals surface area contributed by atoms with Crippen molar-refractivity contribution in [2.75, 3.05) is 5.32 Å². The van der Waals surface area contributed by atoms with Gasteiger partial charge in [-0.2, -0.15) is 4.39 Å². The number of thioether (sulfide) groups is 1. The zero-order chi connectivity index (χ0) is 26.2. The minimum atomic E-state index is -2.69. The number of hydrogen-bond acceptors (Lipinski definition) is 11. The molecule has 2 atom stereocenters. The molecule has 0 amide bonds. The van der Waals surface area contributed by atoms with Gasteiger partial charge in [-0.1, -0.05) is 11.8 Å². The number of fused-ring (bicyclic) bond motifs is 1. The zero-order valence-electron chi connectivity index (χ0n) is 19.7. The molecule has 0 aromatic carbocycles. The van der Waals surface area contributed by atoms with Crippen molar-refractivity contribution in [3.05, 3.63) is 60.6 Å². The summed E-state index contributed by atoms with van der Waals surface area (Å²) >= 11 is 0.787. The van der Waals surface area contributed by atoms with Crippen molar-refractivity contribution >= 4 is 39.5 Å². The van der Waals surface area contributed by atoms with E-state index in [2.05, 4.69) is 35.2 Å². The molecule has 0 radical (unpaired) electrons. The number of amidine groups is 1. The fourth-order valence-corrected chi connectivity index (χ4v) is 5.29. The number of pyridine rings is 2. The molecule has 0 saturated heterocycles. The first-order valence-corrected chi connectivity index (χ1v) is 11.9. The summed E-state index contributed by atoms with van der Waals surface area (Å²) in [6.45, 7) is 3.03. The second-order valence-electron chi connectivity index (χ2n) is 8.75. The molecule has 14 heteroatoms. The molecule has 0 bridgehead atoms. The Hall–Kier alpha value is -3.94. The Bertz CT molecular complexity index is 1470. The number of halogens is 3. The van der Waals surface area contributed by atoms with Gasteiger partial charge in [-0.15, -0.1) is 0 Å². The van der Waals surface area contributed by atoms with Gasteiger partial charge in [0.25, 0.3) is 6.43 Å². The number of hydrogen-bond donors (Lipinski definition) is 2. The number of rotatable bonds is 7. The summed E-state index contributed by atoms with van der Waals surface area (Å²) in [6.07, 6.45) is 4.34. The first kappa shape index (κ1) is 24.7. The third kappa shape index (κ3) is 5.01. The quantitative estimate of drug-likeness (QED) is 0.327. The highest BCUT2D eigenvalue weighted by Gasteiger charge is 2.48. The van der Waals surface area contributed by atoms with E-state index in [-0.39, 0.29) is 29.6 Å². The maximum absolute atomic E-state index is 14.9. The van der Waals surface area contributed by atoms with E-state index >= 15 is 0 Å². The molecular formula is C23H21F3N8O2S. The van der Waals surface area contributed by atoms with Gasteiger partial charge in [-0.3, -0.25) is 4.99 Å². The molecule has 0 spiro atoms. The van der Waals surface area contributed by atoms with E-state index in [1.54, 1.807) is 13.0 Å². The minimum Gasteiger partial charge on any atom is -0.467 e. The first-order valence-electron chi connectivity index (χ1n) is 11.0. The fraction of sp³-hybridized carbons (Fsp3) is 0.304. The Balaban J connectivity index is 1.43. The van der Waals surface area contributed by atoms with Crippen LogP contribution in [-0.4, -0.2) is 41.3 Å². The molecule has 4 aromatic rings. The Morgan fingerprint density at radius 2 is 2.03 bits per heavy atom. The van der Waals surface area contributed by atoms with Crippen molar-refractivity contribution in [1.29, 1.82) is 0 Å². The minimum absolute atomic E-state index is 0.0289. The van der Waals surface area contributed by atoms with Crippen LogP contribution in [0.25, 0.3) is 11.0 Å². The summed E-state index contributed by atoms with van der Waals surface area (Å²) < 4.78 is 51.7. The summed E-state index contributed by atoms with van der Waals surface area (Å²) in [6, 6.07) is 3.12. The summed E-state index contributed by atoms with van der Waals surface area (Å²) in [5.74, 6) is 0.151. The average molecular weight is 531 g/mol. The highest BCUT2D eigenvalue weighted by molar-refractivity contribution is 8.15. The van der Waals surface area contributed by atoms with Gasteiger partial charge >= 0.3 is 0 Å². The zero-order valence-corrected chi connectivity index (χ0v) is 20.5. The third-order valence-electron chi connectivity index (χ3n) is 5.80. The number of ether oxygens (including phenoxy) is 1. The van der Waals surface area contributed by atoms with Gasteiger partial charge in [-0.05, 0) is 32.4 Å². The van der Waals surface area contributed by atoms with E-state index in [1.165, 1.54) is 44.0 Å². The number of anilines is 2. The van der Waals surface area contributed by atoms with E-state index in [0.717, 1.165) is 11.8 Å². The van der Waals surface area contributed by atoms with Crippen molar-refractivity contribution < 1.29 is 22.3 Å². The molecule has 5 heterocycles. The van der Waals surface area contributed by atoms with Gasteiger partial charge in [0, 0.05) is 11.8 Å². The summed E-state index contributed by atoms with van der Waals surface area (Å²) in [4.78, 5) is 25.2. The average Bonchev–Trinajstić information content (AvgIpc) is 3.37. The van der Waals surface area contributed by atoms with Crippen molar-refractivity contribution in [3.8, 4) is 5.88 Å². The molecule has 4 aromatic heterocycles. The van der Waals surface area contributed by atoms with Crippen LogP contribution in [-0.2, 0) is 12.1 Å². The van der Waals surface area contributed by atoms with Crippen LogP contribution in [0.15, 0.2) is 52.6 Å². The highest BCUT2D eigenvalue weighted by atomic mass is 32.2. The number of alkyl halides is 2. The van der Waals surface area contributed by atoms with E-state index in [4.69, 9.17) is 14.9 Å². The molecule has 0 saturated carbocycles. The predicted octanol–water partition coefficient (Wildman–Crippen LogP) is 4.56. The molecule has 192 valence electrons. The summed E-state index contributed by atoms with van der Waals surface area (Å²) in [5, 5.41) is 3.02. The number of oxazole rings is 1. The third-order valence-corrected chi connectivity index (χ3v) is 6.89. The van der Waals surface area contributed by atoms with Crippen LogP contribution in [0.5, 0.6) is 5.88 Å². The number of aromatic nitrogens is 5. The van der Waals surface area contributed by atoms with Crippen LogP contribution in [0, 0.1) is 5.95 Å². The van der Waals surface area contributed by atoms with Crippen LogP contribution in [0.4, 0.5) is 24.7 Å². The van der Waals surface area contributed by atoms with Crippen LogP contribution in [0.2, 0.25) is 0 Å². The van der Waals surface area contributed by atoms with E-state index in [1.807, 2.05) is 0 Å². The van der Waals surface area contributed by atoms with Crippen LogP contribution in [0.3, 0.4) is 0 Å². The van der Waals surface area contributed by atoms with Gasteiger partial charge in [0.1, 0.15) is 11.8 Å². The fourth-order valence-electron chi connectivity index (χ4n) is 4.12. The largest absolute Gasteiger partial charge is 0.467 e. The van der Waals surface area contributed by atoms with Gasteiger partial charge < -0.3 is 20.2 Å². The van der Waals surface area contributed by atoms with E-state index in [9.17, 15) is 13.2 Å². The van der Waals surface area contributed by atoms with Gasteiger partial charge in [0.05, 0.1) is 40.1 Å². The number of nitrogens with one attached hydrogen (secondary N) is 1. The van der Waals surface area contributed by atoms with Crippen molar-refractivity contribution in [2.45, 2.75) is 43.6 Å². The number of nitrogens with two attached hydrogens (primary N) is 1. The Morgan fingerprint density at radius 1 is 1.19 bits per heavy atom. The Morgan fingerprint density at radius 3 is 2.78 bits per heavy atom. The lowest BCUT2D eigenvalue weighted by Crippen LogP contribution is -2.44. The van der Waals surface area contributed by atoms with Gasteiger partial charge in [-0.25, -0.2) is 33.7 Å². The molecule has 10 nitrogen and oxygen atoms in total. The molecular weight excluding hydrogens is 509 g/mol. The van der Waals surface area contributed by atoms with Crippen LogP contribution in [0.1, 0.15) is 31.7 Å². The molecule has 0 aliphatic carbocycles. The Kier molecular flexibility index (Phi) is 6.35. The van der Waals surface area contributed by atoms with E-state index in [0.29, 0.717) is 28.4 Å². The standard InChI is InChI=1S/C23H21F3N8O2S/c1-22(11-23(2,20(25)26)37-21(27)34-22)13-7-12(8-31-18(13)24)32-19-17-14(3-4-29-19)33-15(9-30-17)36-10-16-28-5-6-35-16/h3-9,20H,10-11H2,1-2H3,(H2,27,34)(H,29,32)/t22-,23+/m0/s1. The lowest BCUT2D eigenvalue weighted by molar-refractivity contribution is 0.0892. The molecule has 1 aliphatic heterocycles. The first-order chi connectivity index (χ1) is 17.6. The molecule has 5 rings (SSSR count). The summed E-state index contributed by atoms with van der Waals surface area (Å²) in [5.41, 5.74) is 5.81. The molecule has 3 N–H and O–H groups in total. The van der Waals surface area contributed by atoms with Crippen molar-refractivity contribution in [1.82, 2.24) is 24.9 Å². The van der Waals surface area contributed by atoms with Gasteiger partial charge in [0.2, 0.25) is 17.7 Å². The number of nitrogens with zero attached hydrogens (tertiary/aromatic N) is 6. The molecule has 1 aliphatic rings. The lowest BCUT2D eigenvalue weighted by atomic mass is 9.83. The second-order valence-corrected chi connectivity index (χ2v) is 10.3. The maximum Gasteiger partial charge on any atom is 0.253 e. The predicted molar refractivity (Wildman–Crippen MR) is 131 cm³/mol. The molecule has 37 heavy (non-hydrogen) atoms. The lowest BCUT2D eigenvalue weighted by Gasteiger charge is -2.40. The van der Waals surface area contributed by atoms with Crippen molar-refractivity contribution in [2.24, 2.45) is 10.7 Å². The van der Waals surface area contributed by atoms with Crippen LogP contribution >= 0.6 is 11.8 Å². The van der Waals surface area contributed by atoms with E-state index < -0.39 is 22.7 Å². The SMILES string of the molecule is C[C@]1(C(F)F)C[C@@](C)(c2cc(Nc3nccc4nc(OCc5ncco5)cnc34)cnc2F)N=C(N)S1. The van der Waals surface area contributed by atoms with Crippen LogP contribution < -0.4 is 15.8 Å². The summed E-state index contributed by atoms with van der Waals surface area (Å²) in [7, 11) is 0. The normalized spacial score (nSPS) is 21.7. The smallest absolute Gasteiger partial charge is 0.253 e. The monoisotopic (exact) mass is 530 g/mol. The molecule has 0 fully saturated rings. The topological polar surface area (TPSA) is 137 Å². The van der Waals surface area contributed by atoms with Crippen molar-refractivity contribution in [3.63, 3.8) is 0 Å². The maximum atomic E-state index is 14.9. The molecule has 0 unspecified atom stereocenters. The van der Waals surface area contributed by atoms with Gasteiger partial charge in [0.15, 0.2) is 17.6 Å². The Labute approximate surface area is 213 Å².